The molecule has 0 heterocycles. The molecule has 0 atom stereocenters. The third kappa shape index (κ3) is 8.59. The first-order valence-corrected chi connectivity index (χ1v) is 3.51. The Morgan fingerprint density at radius 3 is 2.55 bits per heavy atom. The Morgan fingerprint density at radius 1 is 1.36 bits per heavy atom. The van der Waals surface area contributed by atoms with Gasteiger partial charge in [0.15, 0.2) is 0 Å². The maximum Gasteiger partial charge on any atom is 0.218 e. The van der Waals surface area contributed by atoms with Crippen molar-refractivity contribution in [3.63, 3.8) is 0 Å². The predicted octanol–water partition coefficient (Wildman–Crippen LogP) is 0.669. The summed E-state index contributed by atoms with van der Waals surface area (Å²) in [5.41, 5.74) is 4.89. The molecule has 0 aromatic heterocycles. The van der Waals surface area contributed by atoms with E-state index in [0.717, 1.165) is 6.42 Å². The van der Waals surface area contributed by atoms with E-state index in [9.17, 15) is 4.79 Å². The van der Waals surface area contributed by atoms with Gasteiger partial charge in [0, 0.05) is 19.3 Å². The largest absolute Gasteiger partial charge is 0.370 e. The van der Waals surface area contributed by atoms with Gasteiger partial charge in [0.25, 0.3) is 0 Å². The highest BCUT2D eigenvalue weighted by atomic mass is 16.1. The summed E-state index contributed by atoms with van der Waals surface area (Å²) in [5.74, 6) is 10.5. The number of hydrogen-bond donors (Lipinski definition) is 1. The van der Waals surface area contributed by atoms with Gasteiger partial charge in [0.05, 0.1) is 0 Å². The van der Waals surface area contributed by atoms with Crippen molar-refractivity contribution in [2.45, 2.75) is 26.2 Å². The molecule has 2 heteroatoms. The van der Waals surface area contributed by atoms with Crippen LogP contribution >= 0.6 is 0 Å². The zero-order chi connectivity index (χ0) is 8.53. The van der Waals surface area contributed by atoms with Crippen LogP contribution in [0.2, 0.25) is 0 Å². The second kappa shape index (κ2) is 6.71. The molecule has 0 aromatic rings. The molecule has 2 nitrogen and oxygen atoms in total. The van der Waals surface area contributed by atoms with Crippen molar-refractivity contribution in [1.82, 2.24) is 0 Å². The average molecular weight is 149 g/mol. The second-order valence-electron chi connectivity index (χ2n) is 1.92. The molecule has 0 bridgehead atoms. The molecule has 0 unspecified atom stereocenters. The lowest BCUT2D eigenvalue weighted by atomic mass is 10.3. The van der Waals surface area contributed by atoms with E-state index in [2.05, 4.69) is 23.7 Å². The summed E-state index contributed by atoms with van der Waals surface area (Å²) in [5, 5.41) is 0. The number of carbonyl (C=O) groups is 1. The first-order valence-electron chi connectivity index (χ1n) is 3.51. The van der Waals surface area contributed by atoms with Crippen LogP contribution < -0.4 is 5.73 Å². The molecule has 0 aliphatic carbocycles. The molecule has 0 aromatic carbocycles. The van der Waals surface area contributed by atoms with Crippen molar-refractivity contribution in [3.8, 4) is 23.7 Å². The van der Waals surface area contributed by atoms with Gasteiger partial charge in [-0.1, -0.05) is 18.8 Å². The van der Waals surface area contributed by atoms with Gasteiger partial charge in [-0.3, -0.25) is 4.79 Å². The summed E-state index contributed by atoms with van der Waals surface area (Å²) in [7, 11) is 0. The van der Waals surface area contributed by atoms with Crippen LogP contribution in [0.3, 0.4) is 0 Å². The molecule has 0 radical (unpaired) electrons. The van der Waals surface area contributed by atoms with E-state index in [-0.39, 0.29) is 5.91 Å². The minimum atomic E-state index is -0.317. The van der Waals surface area contributed by atoms with Gasteiger partial charge >= 0.3 is 0 Å². The van der Waals surface area contributed by atoms with E-state index in [4.69, 9.17) is 5.73 Å². The zero-order valence-corrected chi connectivity index (χ0v) is 6.61. The Morgan fingerprint density at radius 2 is 2.00 bits per heavy atom. The van der Waals surface area contributed by atoms with Crippen LogP contribution in [0.15, 0.2) is 0 Å². The van der Waals surface area contributed by atoms with Crippen LogP contribution in [0.25, 0.3) is 0 Å². The van der Waals surface area contributed by atoms with Crippen LogP contribution in [0.4, 0.5) is 0 Å². The molecule has 0 fully saturated rings. The van der Waals surface area contributed by atoms with Gasteiger partial charge in [0.2, 0.25) is 5.91 Å². The number of rotatable bonds is 2. The SMILES string of the molecule is CCC#CC#CCCC(N)=O. The third-order valence-corrected chi connectivity index (χ3v) is 0.912. The monoisotopic (exact) mass is 149 g/mol. The number of nitrogens with two attached hydrogens (primary N) is 1. The van der Waals surface area contributed by atoms with Crippen LogP contribution in [0, 0.1) is 23.7 Å². The van der Waals surface area contributed by atoms with Gasteiger partial charge in [-0.05, 0) is 11.8 Å². The minimum Gasteiger partial charge on any atom is -0.370 e. The molecule has 0 saturated heterocycles. The van der Waals surface area contributed by atoms with E-state index in [1.54, 1.807) is 0 Å². The normalized spacial score (nSPS) is 7.00. The molecule has 0 spiro atoms. The van der Waals surface area contributed by atoms with E-state index < -0.39 is 0 Å². The van der Waals surface area contributed by atoms with Crippen molar-refractivity contribution in [1.29, 1.82) is 0 Å². The summed E-state index contributed by atoms with van der Waals surface area (Å²) >= 11 is 0. The Hall–Kier alpha value is -1.41. The maximum absolute atomic E-state index is 10.2. The molecule has 1 amide bonds. The van der Waals surface area contributed by atoms with Crippen LogP contribution in [0.1, 0.15) is 26.2 Å². The van der Waals surface area contributed by atoms with Crippen molar-refractivity contribution in [3.05, 3.63) is 0 Å². The number of hydrogen-bond acceptors (Lipinski definition) is 1. The molecular weight excluding hydrogens is 138 g/mol. The summed E-state index contributed by atoms with van der Waals surface area (Å²) in [6.07, 6.45) is 1.64. The highest BCUT2D eigenvalue weighted by Gasteiger charge is 1.87. The maximum atomic E-state index is 10.2. The molecule has 0 rings (SSSR count). The van der Waals surface area contributed by atoms with Crippen molar-refractivity contribution < 1.29 is 4.79 Å². The fourth-order valence-corrected chi connectivity index (χ4v) is 0.425. The van der Waals surface area contributed by atoms with Crippen LogP contribution in [-0.4, -0.2) is 5.91 Å². The third-order valence-electron chi connectivity index (χ3n) is 0.912. The van der Waals surface area contributed by atoms with Crippen LogP contribution in [0.5, 0.6) is 0 Å². The molecule has 2 N–H and O–H groups in total. The van der Waals surface area contributed by atoms with E-state index in [1.165, 1.54) is 0 Å². The van der Waals surface area contributed by atoms with Gasteiger partial charge in [-0.25, -0.2) is 0 Å². The molecule has 11 heavy (non-hydrogen) atoms. The molecule has 0 aliphatic rings. The van der Waals surface area contributed by atoms with Crippen molar-refractivity contribution in [2.24, 2.45) is 5.73 Å². The zero-order valence-electron chi connectivity index (χ0n) is 6.61. The summed E-state index contributed by atoms with van der Waals surface area (Å²) in [6, 6.07) is 0. The standard InChI is InChI=1S/C9H11NO/c1-2-3-4-5-6-7-8-9(10)11/h2,7-8H2,1H3,(H2,10,11). The van der Waals surface area contributed by atoms with Crippen molar-refractivity contribution >= 4 is 5.91 Å². The molecule has 58 valence electrons. The Balaban J connectivity index is 3.48. The first kappa shape index (κ1) is 9.59. The van der Waals surface area contributed by atoms with E-state index in [1.807, 2.05) is 6.92 Å². The fourth-order valence-electron chi connectivity index (χ4n) is 0.425. The van der Waals surface area contributed by atoms with E-state index in [0.29, 0.717) is 12.8 Å². The van der Waals surface area contributed by atoms with Gasteiger partial charge < -0.3 is 5.73 Å². The Labute approximate surface area is 67.2 Å². The highest BCUT2D eigenvalue weighted by molar-refractivity contribution is 5.73. The molecular formula is C9H11NO. The fraction of sp³-hybridized carbons (Fsp3) is 0.444. The average Bonchev–Trinajstić information content (AvgIpc) is 1.96. The van der Waals surface area contributed by atoms with Gasteiger partial charge in [-0.15, -0.1) is 0 Å². The highest BCUT2D eigenvalue weighted by Crippen LogP contribution is 1.82. The Bertz CT molecular complexity index is 234. The smallest absolute Gasteiger partial charge is 0.218 e. The lowest BCUT2D eigenvalue weighted by Gasteiger charge is -1.82. The quantitative estimate of drug-likeness (QED) is 0.576. The van der Waals surface area contributed by atoms with Crippen LogP contribution in [-0.2, 0) is 4.79 Å². The van der Waals surface area contributed by atoms with Gasteiger partial charge in [-0.2, -0.15) is 0 Å². The molecule has 0 saturated carbocycles. The minimum absolute atomic E-state index is 0.317. The molecule has 0 aliphatic heterocycles. The van der Waals surface area contributed by atoms with E-state index >= 15 is 0 Å². The number of carbonyl (C=O) groups excluding carboxylic acids is 1. The summed E-state index contributed by atoms with van der Waals surface area (Å²) < 4.78 is 0. The predicted molar refractivity (Wildman–Crippen MR) is 44.3 cm³/mol. The summed E-state index contributed by atoms with van der Waals surface area (Å²) in [6.45, 7) is 1.96. The first-order chi connectivity index (χ1) is 5.27. The van der Waals surface area contributed by atoms with Gasteiger partial charge in [0.1, 0.15) is 0 Å². The summed E-state index contributed by atoms with van der Waals surface area (Å²) in [4.78, 5) is 10.2. The number of primary amides is 1. The topological polar surface area (TPSA) is 43.1 Å². The lowest BCUT2D eigenvalue weighted by Crippen LogP contribution is -2.08. The number of amides is 1. The second-order valence-corrected chi connectivity index (χ2v) is 1.92. The lowest BCUT2D eigenvalue weighted by molar-refractivity contribution is -0.117. The van der Waals surface area contributed by atoms with Crippen molar-refractivity contribution in [2.75, 3.05) is 0 Å². The Kier molecular flexibility index (Phi) is 5.85.